The van der Waals surface area contributed by atoms with E-state index in [4.69, 9.17) is 14.9 Å². The summed E-state index contributed by atoms with van der Waals surface area (Å²) in [6.07, 6.45) is 1.54. The van der Waals surface area contributed by atoms with Gasteiger partial charge in [0.15, 0.2) is 11.4 Å². The van der Waals surface area contributed by atoms with Gasteiger partial charge in [-0.3, -0.25) is 4.79 Å². The fourth-order valence-electron chi connectivity index (χ4n) is 2.46. The van der Waals surface area contributed by atoms with Crippen LogP contribution in [-0.4, -0.2) is 56.7 Å². The molecular formula is C14H14N6O3. The molecule has 3 aromatic rings. The van der Waals surface area contributed by atoms with E-state index in [9.17, 15) is 4.79 Å². The Morgan fingerprint density at radius 2 is 2.09 bits per heavy atom. The molecule has 0 bridgehead atoms. The summed E-state index contributed by atoms with van der Waals surface area (Å²) in [5.74, 6) is 0.822. The van der Waals surface area contributed by atoms with E-state index in [-0.39, 0.29) is 17.5 Å². The van der Waals surface area contributed by atoms with E-state index in [0.717, 1.165) is 0 Å². The number of fused-ring (bicyclic) bond motifs is 1. The van der Waals surface area contributed by atoms with Crippen molar-refractivity contribution in [2.24, 2.45) is 0 Å². The van der Waals surface area contributed by atoms with Gasteiger partial charge in [-0.2, -0.15) is 4.52 Å². The van der Waals surface area contributed by atoms with Crippen LogP contribution in [0.4, 0.5) is 5.95 Å². The number of rotatable bonds is 2. The van der Waals surface area contributed by atoms with Gasteiger partial charge in [0.05, 0.1) is 19.5 Å². The van der Waals surface area contributed by atoms with Crippen molar-refractivity contribution < 1.29 is 13.9 Å². The smallest absolute Gasteiger partial charge is 0.272 e. The van der Waals surface area contributed by atoms with Crippen LogP contribution < -0.4 is 5.73 Å². The molecule has 0 unspecified atom stereocenters. The molecule has 4 heterocycles. The van der Waals surface area contributed by atoms with Crippen LogP contribution in [0.3, 0.4) is 0 Å². The lowest BCUT2D eigenvalue weighted by atomic mass is 10.3. The molecule has 1 amide bonds. The number of anilines is 1. The van der Waals surface area contributed by atoms with Crippen LogP contribution in [0, 0.1) is 0 Å². The van der Waals surface area contributed by atoms with Gasteiger partial charge in [0, 0.05) is 19.2 Å². The number of hydrogen-bond donors (Lipinski definition) is 1. The first-order valence-electron chi connectivity index (χ1n) is 7.16. The maximum Gasteiger partial charge on any atom is 0.272 e. The Bertz CT molecular complexity index is 851. The van der Waals surface area contributed by atoms with Crippen molar-refractivity contribution in [2.45, 2.75) is 0 Å². The van der Waals surface area contributed by atoms with Crippen molar-refractivity contribution in [1.82, 2.24) is 24.5 Å². The van der Waals surface area contributed by atoms with E-state index in [1.807, 2.05) is 0 Å². The van der Waals surface area contributed by atoms with Crippen LogP contribution in [0.2, 0.25) is 0 Å². The molecule has 2 N–H and O–H groups in total. The average Bonchev–Trinajstić information content (AvgIpc) is 3.24. The number of morpholine rings is 1. The van der Waals surface area contributed by atoms with Crippen molar-refractivity contribution in [3.63, 3.8) is 0 Å². The summed E-state index contributed by atoms with van der Waals surface area (Å²) in [5.41, 5.74) is 6.60. The van der Waals surface area contributed by atoms with Gasteiger partial charge in [0.2, 0.25) is 11.8 Å². The molecule has 4 rings (SSSR count). The van der Waals surface area contributed by atoms with Gasteiger partial charge in [-0.15, -0.1) is 5.10 Å². The molecule has 1 aliphatic rings. The van der Waals surface area contributed by atoms with Crippen LogP contribution in [-0.2, 0) is 4.74 Å². The normalized spacial score (nSPS) is 15.2. The molecular weight excluding hydrogens is 300 g/mol. The highest BCUT2D eigenvalue weighted by Gasteiger charge is 2.22. The lowest BCUT2D eigenvalue weighted by molar-refractivity contribution is 0.0299. The number of amides is 1. The molecule has 0 radical (unpaired) electrons. The molecule has 0 aliphatic carbocycles. The van der Waals surface area contributed by atoms with Crippen molar-refractivity contribution in [2.75, 3.05) is 32.0 Å². The standard InChI is InChI=1S/C14H14N6O3/c15-14-16-9(13(21)19-3-6-22-7-4-19)8-11-17-12(18-20(11)14)10-2-1-5-23-10/h1-2,5,8H,3-4,6-7H2,(H2,15,16). The second-order valence-electron chi connectivity index (χ2n) is 5.09. The lowest BCUT2D eigenvalue weighted by Gasteiger charge is -2.26. The minimum Gasteiger partial charge on any atom is -0.461 e. The Morgan fingerprint density at radius 3 is 2.83 bits per heavy atom. The Morgan fingerprint density at radius 1 is 1.26 bits per heavy atom. The quantitative estimate of drug-likeness (QED) is 0.730. The second-order valence-corrected chi connectivity index (χ2v) is 5.09. The van der Waals surface area contributed by atoms with Crippen LogP contribution in [0.15, 0.2) is 28.9 Å². The first kappa shape index (κ1) is 13.7. The molecule has 9 heteroatoms. The predicted octanol–water partition coefficient (Wildman–Crippen LogP) is 0.439. The van der Waals surface area contributed by atoms with Gasteiger partial charge in [-0.05, 0) is 12.1 Å². The number of aromatic nitrogens is 4. The fourth-order valence-corrected chi connectivity index (χ4v) is 2.46. The van der Waals surface area contributed by atoms with Crippen molar-refractivity contribution in [1.29, 1.82) is 0 Å². The number of nitrogen functional groups attached to an aromatic ring is 1. The monoisotopic (exact) mass is 314 g/mol. The summed E-state index contributed by atoms with van der Waals surface area (Å²) < 4.78 is 11.9. The third-order valence-electron chi connectivity index (χ3n) is 3.61. The summed E-state index contributed by atoms with van der Waals surface area (Å²) in [4.78, 5) is 22.7. The Balaban J connectivity index is 1.73. The van der Waals surface area contributed by atoms with Gasteiger partial charge in [0.25, 0.3) is 5.91 Å². The van der Waals surface area contributed by atoms with E-state index >= 15 is 0 Å². The van der Waals surface area contributed by atoms with Crippen molar-refractivity contribution in [3.8, 4) is 11.6 Å². The highest BCUT2D eigenvalue weighted by Crippen LogP contribution is 2.18. The molecule has 9 nitrogen and oxygen atoms in total. The summed E-state index contributed by atoms with van der Waals surface area (Å²) in [5, 5.41) is 4.25. The topological polar surface area (TPSA) is 112 Å². The van der Waals surface area contributed by atoms with E-state index in [2.05, 4.69) is 15.1 Å². The molecule has 0 atom stereocenters. The van der Waals surface area contributed by atoms with E-state index in [0.29, 0.717) is 43.5 Å². The number of furan rings is 1. The molecule has 1 aliphatic heterocycles. The van der Waals surface area contributed by atoms with Crippen molar-refractivity contribution >= 4 is 17.5 Å². The van der Waals surface area contributed by atoms with Crippen LogP contribution in [0.1, 0.15) is 10.5 Å². The molecule has 118 valence electrons. The molecule has 0 saturated carbocycles. The summed E-state index contributed by atoms with van der Waals surface area (Å²) >= 11 is 0. The van der Waals surface area contributed by atoms with Crippen LogP contribution in [0.5, 0.6) is 0 Å². The minimum atomic E-state index is -0.190. The second kappa shape index (κ2) is 5.36. The van der Waals surface area contributed by atoms with Crippen molar-refractivity contribution in [3.05, 3.63) is 30.2 Å². The largest absolute Gasteiger partial charge is 0.461 e. The average molecular weight is 314 g/mol. The maximum absolute atomic E-state index is 12.5. The number of carbonyl (C=O) groups is 1. The Labute approximate surface area is 130 Å². The zero-order valence-corrected chi connectivity index (χ0v) is 12.2. The van der Waals surface area contributed by atoms with Gasteiger partial charge < -0.3 is 19.8 Å². The van der Waals surface area contributed by atoms with Gasteiger partial charge in [-0.1, -0.05) is 0 Å². The third-order valence-corrected chi connectivity index (χ3v) is 3.61. The van der Waals surface area contributed by atoms with Gasteiger partial charge >= 0.3 is 0 Å². The Kier molecular flexibility index (Phi) is 3.19. The maximum atomic E-state index is 12.5. The first-order chi connectivity index (χ1) is 11.2. The number of nitrogens with zero attached hydrogens (tertiary/aromatic N) is 5. The highest BCUT2D eigenvalue weighted by molar-refractivity contribution is 5.93. The third kappa shape index (κ3) is 2.40. The lowest BCUT2D eigenvalue weighted by Crippen LogP contribution is -2.41. The van der Waals surface area contributed by atoms with E-state index < -0.39 is 0 Å². The van der Waals surface area contributed by atoms with E-state index in [1.54, 1.807) is 23.1 Å². The molecule has 1 fully saturated rings. The minimum absolute atomic E-state index is 0.101. The number of carbonyl (C=O) groups excluding carboxylic acids is 1. The SMILES string of the molecule is Nc1nc(C(=O)N2CCOCC2)cc2nc(-c3ccco3)nn12. The summed E-state index contributed by atoms with van der Waals surface area (Å²) in [7, 11) is 0. The highest BCUT2D eigenvalue weighted by atomic mass is 16.5. The van der Waals surface area contributed by atoms with Gasteiger partial charge in [0.1, 0.15) is 5.69 Å². The molecule has 1 saturated heterocycles. The molecule has 3 aromatic heterocycles. The Hall–Kier alpha value is -2.94. The fraction of sp³-hybridized carbons (Fsp3) is 0.286. The van der Waals surface area contributed by atoms with Crippen LogP contribution in [0.25, 0.3) is 17.2 Å². The molecule has 23 heavy (non-hydrogen) atoms. The summed E-state index contributed by atoms with van der Waals surface area (Å²) in [6, 6.07) is 5.07. The molecule has 0 spiro atoms. The zero-order chi connectivity index (χ0) is 15.8. The number of nitrogens with two attached hydrogens (primary N) is 1. The van der Waals surface area contributed by atoms with Crippen LogP contribution >= 0.6 is 0 Å². The number of hydrogen-bond acceptors (Lipinski definition) is 7. The predicted molar refractivity (Wildman–Crippen MR) is 79.6 cm³/mol. The van der Waals surface area contributed by atoms with E-state index in [1.165, 1.54) is 10.8 Å². The molecule has 0 aromatic carbocycles. The summed E-state index contributed by atoms with van der Waals surface area (Å²) in [6.45, 7) is 2.12. The van der Waals surface area contributed by atoms with Gasteiger partial charge in [-0.25, -0.2) is 9.97 Å². The zero-order valence-electron chi connectivity index (χ0n) is 12.2. The first-order valence-corrected chi connectivity index (χ1v) is 7.16. The number of ether oxygens (including phenoxy) is 1.